The molecule has 1 aliphatic rings. The van der Waals surface area contributed by atoms with Crippen LogP contribution in [-0.2, 0) is 22.8 Å². The van der Waals surface area contributed by atoms with Crippen molar-refractivity contribution in [2.75, 3.05) is 12.0 Å². The van der Waals surface area contributed by atoms with E-state index in [1.165, 1.54) is 6.08 Å². The van der Waals surface area contributed by atoms with E-state index in [-0.39, 0.29) is 12.2 Å². The Labute approximate surface area is 245 Å². The van der Waals surface area contributed by atoms with Crippen LogP contribution < -0.4 is 24.4 Å². The fourth-order valence-corrected chi connectivity index (χ4v) is 4.58. The Kier molecular flexibility index (Phi) is 8.45. The second-order valence-electron chi connectivity index (χ2n) is 9.02. The summed E-state index contributed by atoms with van der Waals surface area (Å²) in [5, 5.41) is 2.24. The molecule has 41 heavy (non-hydrogen) atoms. The molecule has 1 heterocycles. The molecule has 206 valence electrons. The molecule has 4 amide bonds. The monoisotopic (exact) mass is 612 g/mol. The molecule has 1 aliphatic heterocycles. The fourth-order valence-electron chi connectivity index (χ4n) is 4.21. The quantitative estimate of drug-likeness (QED) is 0.176. The van der Waals surface area contributed by atoms with E-state index >= 15 is 0 Å². The second kappa shape index (κ2) is 12.5. The molecule has 0 unspecified atom stereocenters. The van der Waals surface area contributed by atoms with Gasteiger partial charge < -0.3 is 14.2 Å². The minimum atomic E-state index is -0.806. The highest BCUT2D eigenvalue weighted by Gasteiger charge is 2.36. The average Bonchev–Trinajstić information content (AvgIpc) is 2.99. The fraction of sp³-hybridized carbons (Fsp3) is 0.0938. The van der Waals surface area contributed by atoms with E-state index in [0.29, 0.717) is 35.1 Å². The van der Waals surface area contributed by atoms with Gasteiger partial charge in [-0.2, -0.15) is 0 Å². The molecule has 0 atom stereocenters. The Hall–Kier alpha value is -4.89. The summed E-state index contributed by atoms with van der Waals surface area (Å²) in [5.74, 6) is 0.0947. The van der Waals surface area contributed by atoms with Crippen LogP contribution in [0.15, 0.2) is 107 Å². The van der Waals surface area contributed by atoms with Gasteiger partial charge in [-0.1, -0.05) is 70.5 Å². The summed E-state index contributed by atoms with van der Waals surface area (Å²) < 4.78 is 18.3. The summed E-state index contributed by atoms with van der Waals surface area (Å²) in [6.45, 7) is 0.589. The van der Waals surface area contributed by atoms with E-state index in [0.717, 1.165) is 20.5 Å². The predicted molar refractivity (Wildman–Crippen MR) is 158 cm³/mol. The van der Waals surface area contributed by atoms with Gasteiger partial charge in [0.05, 0.1) is 12.8 Å². The molecular formula is C32H25BrN2O6. The van der Waals surface area contributed by atoms with Crippen LogP contribution in [0.1, 0.15) is 16.7 Å². The Balaban J connectivity index is 1.35. The number of para-hydroxylation sites is 1. The Morgan fingerprint density at radius 2 is 1.41 bits per heavy atom. The zero-order valence-corrected chi connectivity index (χ0v) is 23.6. The van der Waals surface area contributed by atoms with Crippen molar-refractivity contribution < 1.29 is 28.6 Å². The maximum atomic E-state index is 13.3. The molecule has 0 aliphatic carbocycles. The van der Waals surface area contributed by atoms with Crippen LogP contribution in [0, 0.1) is 0 Å². The van der Waals surface area contributed by atoms with E-state index in [1.54, 1.807) is 55.6 Å². The number of hydrogen-bond acceptors (Lipinski definition) is 6. The van der Waals surface area contributed by atoms with Crippen LogP contribution in [0.25, 0.3) is 6.08 Å². The van der Waals surface area contributed by atoms with Crippen LogP contribution in [-0.4, -0.2) is 25.0 Å². The zero-order chi connectivity index (χ0) is 28.8. The topological polar surface area (TPSA) is 94.2 Å². The van der Waals surface area contributed by atoms with Gasteiger partial charge in [0.1, 0.15) is 24.5 Å². The number of barbiturate groups is 1. The number of amides is 4. The lowest BCUT2D eigenvalue weighted by Crippen LogP contribution is -2.54. The van der Waals surface area contributed by atoms with Crippen molar-refractivity contribution in [3.05, 3.63) is 124 Å². The maximum Gasteiger partial charge on any atom is 0.335 e. The van der Waals surface area contributed by atoms with Crippen LogP contribution in [0.3, 0.4) is 0 Å². The van der Waals surface area contributed by atoms with E-state index in [2.05, 4.69) is 21.2 Å². The second-order valence-corrected chi connectivity index (χ2v) is 9.94. The number of carbonyl (C=O) groups excluding carboxylic acids is 3. The summed E-state index contributed by atoms with van der Waals surface area (Å²) in [7, 11) is 1.57. The average molecular weight is 613 g/mol. The molecule has 0 radical (unpaired) electrons. The van der Waals surface area contributed by atoms with E-state index < -0.39 is 17.8 Å². The maximum absolute atomic E-state index is 13.3. The molecule has 0 bridgehead atoms. The summed E-state index contributed by atoms with van der Waals surface area (Å²) in [4.78, 5) is 39.4. The highest BCUT2D eigenvalue weighted by atomic mass is 79.9. The highest BCUT2D eigenvalue weighted by molar-refractivity contribution is 9.10. The summed E-state index contributed by atoms with van der Waals surface area (Å²) in [6, 6.07) is 28.2. The van der Waals surface area contributed by atoms with Crippen LogP contribution in [0.4, 0.5) is 10.5 Å². The van der Waals surface area contributed by atoms with Gasteiger partial charge >= 0.3 is 6.03 Å². The number of nitrogens with one attached hydrogen (secondary N) is 1. The number of urea groups is 1. The van der Waals surface area contributed by atoms with Gasteiger partial charge in [-0.05, 0) is 59.7 Å². The SMILES string of the molecule is COc1cc(COc2ccc(Br)cc2/C=C2/C(=O)NC(=O)N(c3ccccc3)C2=O)ccc1OCc1ccccc1. The van der Waals surface area contributed by atoms with Gasteiger partial charge in [0.25, 0.3) is 11.8 Å². The third kappa shape index (κ3) is 6.47. The van der Waals surface area contributed by atoms with Crippen molar-refractivity contribution in [2.24, 2.45) is 0 Å². The van der Waals surface area contributed by atoms with E-state index in [1.807, 2.05) is 48.5 Å². The Bertz CT molecular complexity index is 1620. The number of rotatable bonds is 9. The first-order valence-corrected chi connectivity index (χ1v) is 13.4. The molecular weight excluding hydrogens is 588 g/mol. The molecule has 1 N–H and O–H groups in total. The van der Waals surface area contributed by atoms with Crippen molar-refractivity contribution in [1.29, 1.82) is 0 Å². The van der Waals surface area contributed by atoms with Crippen molar-refractivity contribution in [3.8, 4) is 17.2 Å². The molecule has 5 rings (SSSR count). The molecule has 0 spiro atoms. The zero-order valence-electron chi connectivity index (χ0n) is 22.0. The van der Waals surface area contributed by atoms with Crippen molar-refractivity contribution >= 4 is 45.5 Å². The Morgan fingerprint density at radius 3 is 2.15 bits per heavy atom. The number of imide groups is 2. The highest BCUT2D eigenvalue weighted by Crippen LogP contribution is 2.31. The molecule has 4 aromatic carbocycles. The smallest absolute Gasteiger partial charge is 0.335 e. The van der Waals surface area contributed by atoms with Crippen molar-refractivity contribution in [3.63, 3.8) is 0 Å². The normalized spacial score (nSPS) is 14.1. The first-order valence-electron chi connectivity index (χ1n) is 12.7. The van der Waals surface area contributed by atoms with E-state index in [9.17, 15) is 14.4 Å². The number of hydrogen-bond donors (Lipinski definition) is 1. The van der Waals surface area contributed by atoms with Gasteiger partial charge in [-0.25, -0.2) is 9.69 Å². The van der Waals surface area contributed by atoms with Gasteiger partial charge in [-0.15, -0.1) is 0 Å². The minimum absolute atomic E-state index is 0.182. The third-order valence-electron chi connectivity index (χ3n) is 6.25. The number of halogens is 1. The lowest BCUT2D eigenvalue weighted by atomic mass is 10.1. The summed E-state index contributed by atoms with van der Waals surface area (Å²) in [5.41, 5.74) is 2.50. The minimum Gasteiger partial charge on any atom is -0.493 e. The predicted octanol–water partition coefficient (Wildman–Crippen LogP) is 6.28. The van der Waals surface area contributed by atoms with Crippen LogP contribution in [0.5, 0.6) is 17.2 Å². The number of methoxy groups -OCH3 is 1. The van der Waals surface area contributed by atoms with Crippen LogP contribution >= 0.6 is 15.9 Å². The molecule has 4 aromatic rings. The van der Waals surface area contributed by atoms with Gasteiger partial charge in [0, 0.05) is 10.0 Å². The lowest BCUT2D eigenvalue weighted by molar-refractivity contribution is -0.122. The standard InChI is InChI=1S/C32H25BrN2O6/c1-39-29-16-22(12-14-28(29)41-19-21-8-4-2-5-9-21)20-40-27-15-13-24(33)17-23(27)18-26-30(36)34-32(38)35(31(26)37)25-10-6-3-7-11-25/h2-18H,19-20H2,1H3,(H,34,36,38)/b26-18-. The summed E-state index contributed by atoms with van der Waals surface area (Å²) in [6.07, 6.45) is 1.42. The molecule has 1 fully saturated rings. The molecule has 8 nitrogen and oxygen atoms in total. The number of carbonyl (C=O) groups is 3. The number of benzene rings is 4. The number of anilines is 1. The van der Waals surface area contributed by atoms with Gasteiger partial charge in [-0.3, -0.25) is 14.9 Å². The first kappa shape index (κ1) is 27.7. The lowest BCUT2D eigenvalue weighted by Gasteiger charge is -2.26. The largest absolute Gasteiger partial charge is 0.493 e. The van der Waals surface area contributed by atoms with Crippen molar-refractivity contribution in [2.45, 2.75) is 13.2 Å². The van der Waals surface area contributed by atoms with Gasteiger partial charge in [0.2, 0.25) is 0 Å². The number of ether oxygens (including phenoxy) is 3. The van der Waals surface area contributed by atoms with E-state index in [4.69, 9.17) is 14.2 Å². The molecule has 0 aromatic heterocycles. The first-order chi connectivity index (χ1) is 19.9. The Morgan fingerprint density at radius 1 is 0.756 bits per heavy atom. The molecule has 1 saturated heterocycles. The van der Waals surface area contributed by atoms with Crippen molar-refractivity contribution in [1.82, 2.24) is 5.32 Å². The molecule has 9 heteroatoms. The third-order valence-corrected chi connectivity index (χ3v) is 6.74. The van der Waals surface area contributed by atoms with Gasteiger partial charge in [0.15, 0.2) is 11.5 Å². The number of nitrogens with zero attached hydrogens (tertiary/aromatic N) is 1. The van der Waals surface area contributed by atoms with Crippen LogP contribution in [0.2, 0.25) is 0 Å². The summed E-state index contributed by atoms with van der Waals surface area (Å²) >= 11 is 3.44. The molecule has 0 saturated carbocycles.